The van der Waals surface area contributed by atoms with Crippen molar-refractivity contribution in [2.75, 3.05) is 14.2 Å². The van der Waals surface area contributed by atoms with E-state index in [9.17, 15) is 14.3 Å². The van der Waals surface area contributed by atoms with Gasteiger partial charge in [0.05, 0.1) is 7.11 Å². The molecule has 1 rings (SSSR count). The lowest BCUT2D eigenvalue weighted by Crippen LogP contribution is -2.37. The Bertz CT molecular complexity index is 436. The van der Waals surface area contributed by atoms with Gasteiger partial charge < -0.3 is 14.2 Å². The molecule has 6 nitrogen and oxygen atoms in total. The monoisotopic (exact) mass is 273 g/mol. The Hall–Kier alpha value is -1.20. The van der Waals surface area contributed by atoms with Gasteiger partial charge in [-0.2, -0.15) is 0 Å². The van der Waals surface area contributed by atoms with Crippen LogP contribution in [0, 0.1) is 0 Å². The lowest BCUT2D eigenvalue weighted by Gasteiger charge is -2.19. The fraction of sp³-hybridized carbons (Fsp3) is 0.364. The van der Waals surface area contributed by atoms with Crippen LogP contribution in [0.3, 0.4) is 0 Å². The van der Waals surface area contributed by atoms with Crippen molar-refractivity contribution in [3.63, 3.8) is 0 Å². The molecule has 0 heterocycles. The molecule has 7 heteroatoms. The number of methoxy groups -OCH3 is 1. The second-order valence-electron chi connectivity index (χ2n) is 3.60. The van der Waals surface area contributed by atoms with E-state index in [0.717, 1.165) is 12.7 Å². The highest BCUT2D eigenvalue weighted by Gasteiger charge is 2.28. The van der Waals surface area contributed by atoms with Gasteiger partial charge in [-0.3, -0.25) is 4.79 Å². The molecule has 0 amide bonds. The van der Waals surface area contributed by atoms with E-state index in [1.165, 1.54) is 7.11 Å². The summed E-state index contributed by atoms with van der Waals surface area (Å²) in [5.41, 5.74) is 0.844. The zero-order valence-electron chi connectivity index (χ0n) is 10.2. The molecule has 0 aliphatic carbocycles. The maximum atomic E-state index is 11.5. The van der Waals surface area contributed by atoms with Crippen molar-refractivity contribution in [2.24, 2.45) is 0 Å². The van der Waals surface area contributed by atoms with Crippen LogP contribution in [0.4, 0.5) is 0 Å². The summed E-state index contributed by atoms with van der Waals surface area (Å²) in [5, 5.41) is 2.26. The average Bonchev–Trinajstić information content (AvgIpc) is 2.38. The molecule has 100 valence electrons. The van der Waals surface area contributed by atoms with E-state index in [2.05, 4.69) is 14.3 Å². The van der Waals surface area contributed by atoms with Crippen LogP contribution in [0.15, 0.2) is 30.3 Å². The summed E-state index contributed by atoms with van der Waals surface area (Å²) in [5.74, 6) is -0.620. The Morgan fingerprint density at radius 2 is 2.00 bits per heavy atom. The highest BCUT2D eigenvalue weighted by molar-refractivity contribution is 7.50. The van der Waals surface area contributed by atoms with Crippen molar-refractivity contribution in [3.05, 3.63) is 35.9 Å². The summed E-state index contributed by atoms with van der Waals surface area (Å²) in [6, 6.07) is 8.17. The van der Waals surface area contributed by atoms with Crippen molar-refractivity contribution >= 4 is 13.7 Å². The first-order valence-electron chi connectivity index (χ1n) is 5.26. The standard InChI is InChI=1S/C11H16NO5P/c1-16-11(13)10(12-18(14,15)17-2)8-9-6-4-3-5-7-9/h3-7,10H,8H2,1-2H3,(H2,12,14,15)/t10-/m0/s1. The Morgan fingerprint density at radius 3 is 2.50 bits per heavy atom. The second-order valence-corrected chi connectivity index (χ2v) is 5.26. The molecule has 0 radical (unpaired) electrons. The van der Waals surface area contributed by atoms with Gasteiger partial charge in [0.2, 0.25) is 0 Å². The molecule has 0 bridgehead atoms. The highest BCUT2D eigenvalue weighted by Crippen LogP contribution is 2.36. The summed E-state index contributed by atoms with van der Waals surface area (Å²) in [6.45, 7) is 0. The van der Waals surface area contributed by atoms with Gasteiger partial charge in [-0.05, 0) is 12.0 Å². The largest absolute Gasteiger partial charge is 0.468 e. The SMILES string of the molecule is COC(=O)[C@H](Cc1ccccc1)NP(=O)(O)OC. The molecule has 1 aromatic rings. The molecular formula is C11H16NO5P. The second kappa shape index (κ2) is 6.66. The number of carbonyl (C=O) groups excluding carboxylic acids is 1. The van der Waals surface area contributed by atoms with Crippen LogP contribution in [0.1, 0.15) is 5.56 Å². The summed E-state index contributed by atoms with van der Waals surface area (Å²) < 4.78 is 20.4. The molecule has 2 N–H and O–H groups in total. The number of benzene rings is 1. The average molecular weight is 273 g/mol. The third-order valence-corrected chi connectivity index (χ3v) is 3.47. The Balaban J connectivity index is 2.80. The fourth-order valence-electron chi connectivity index (χ4n) is 1.42. The van der Waals surface area contributed by atoms with E-state index in [1.807, 2.05) is 30.3 Å². The summed E-state index contributed by atoms with van der Waals surface area (Å²) in [6.07, 6.45) is 0.238. The van der Waals surface area contributed by atoms with Crippen LogP contribution in [-0.4, -0.2) is 31.1 Å². The van der Waals surface area contributed by atoms with Crippen LogP contribution in [-0.2, 0) is 25.0 Å². The minimum absolute atomic E-state index is 0.238. The highest BCUT2D eigenvalue weighted by atomic mass is 31.2. The minimum atomic E-state index is -3.98. The third kappa shape index (κ3) is 4.58. The summed E-state index contributed by atoms with van der Waals surface area (Å²) in [7, 11) is -1.68. The van der Waals surface area contributed by atoms with E-state index in [0.29, 0.717) is 0 Å². The van der Waals surface area contributed by atoms with Gasteiger partial charge >= 0.3 is 13.7 Å². The summed E-state index contributed by atoms with van der Waals surface area (Å²) >= 11 is 0. The van der Waals surface area contributed by atoms with Gasteiger partial charge in [0.1, 0.15) is 6.04 Å². The van der Waals surface area contributed by atoms with Gasteiger partial charge in [0, 0.05) is 7.11 Å². The predicted molar refractivity (Wildman–Crippen MR) is 65.9 cm³/mol. The molecular weight excluding hydrogens is 257 g/mol. The van der Waals surface area contributed by atoms with Crippen molar-refractivity contribution in [1.82, 2.24) is 5.09 Å². The van der Waals surface area contributed by atoms with Crippen LogP contribution in [0.25, 0.3) is 0 Å². The molecule has 0 spiro atoms. The van der Waals surface area contributed by atoms with Crippen molar-refractivity contribution < 1.29 is 23.5 Å². The van der Waals surface area contributed by atoms with E-state index < -0.39 is 19.8 Å². The van der Waals surface area contributed by atoms with E-state index in [-0.39, 0.29) is 6.42 Å². The number of rotatable bonds is 6. The van der Waals surface area contributed by atoms with E-state index in [1.54, 1.807) is 0 Å². The number of carbonyl (C=O) groups is 1. The minimum Gasteiger partial charge on any atom is -0.468 e. The number of nitrogens with one attached hydrogen (secondary N) is 1. The van der Waals surface area contributed by atoms with Crippen LogP contribution < -0.4 is 5.09 Å². The first-order chi connectivity index (χ1) is 8.48. The Labute approximate surface area is 106 Å². The quantitative estimate of drug-likeness (QED) is 0.596. The molecule has 0 saturated heterocycles. The molecule has 18 heavy (non-hydrogen) atoms. The smallest absolute Gasteiger partial charge is 0.403 e. The predicted octanol–water partition coefficient (Wildman–Crippen LogP) is 1.11. The zero-order valence-corrected chi connectivity index (χ0v) is 11.1. The lowest BCUT2D eigenvalue weighted by molar-refractivity contribution is -0.142. The summed E-state index contributed by atoms with van der Waals surface area (Å²) in [4.78, 5) is 20.9. The molecule has 1 unspecified atom stereocenters. The molecule has 0 saturated carbocycles. The van der Waals surface area contributed by atoms with Gasteiger partial charge in [-0.1, -0.05) is 30.3 Å². The van der Waals surface area contributed by atoms with Gasteiger partial charge in [0.25, 0.3) is 0 Å². The normalized spacial score (nSPS) is 15.7. The molecule has 0 fully saturated rings. The molecule has 1 aromatic carbocycles. The lowest BCUT2D eigenvalue weighted by atomic mass is 10.1. The maximum Gasteiger partial charge on any atom is 0.403 e. The van der Waals surface area contributed by atoms with Crippen molar-refractivity contribution in [1.29, 1.82) is 0 Å². The molecule has 0 aliphatic rings. The van der Waals surface area contributed by atoms with Crippen LogP contribution in [0.5, 0.6) is 0 Å². The third-order valence-electron chi connectivity index (χ3n) is 2.33. The topological polar surface area (TPSA) is 84.9 Å². The Morgan fingerprint density at radius 1 is 1.39 bits per heavy atom. The first kappa shape index (κ1) is 14.9. The number of hydrogen-bond acceptors (Lipinski definition) is 4. The van der Waals surface area contributed by atoms with E-state index >= 15 is 0 Å². The number of ether oxygens (including phenoxy) is 1. The Kier molecular flexibility index (Phi) is 5.50. The zero-order chi connectivity index (χ0) is 13.6. The molecule has 2 atom stereocenters. The van der Waals surface area contributed by atoms with Crippen LogP contribution >= 0.6 is 7.75 Å². The van der Waals surface area contributed by atoms with Gasteiger partial charge in [-0.25, -0.2) is 9.65 Å². The van der Waals surface area contributed by atoms with Gasteiger partial charge in [-0.15, -0.1) is 0 Å². The maximum absolute atomic E-state index is 11.5. The van der Waals surface area contributed by atoms with Crippen molar-refractivity contribution in [2.45, 2.75) is 12.5 Å². The fourth-order valence-corrected chi connectivity index (χ4v) is 2.12. The molecule has 0 aliphatic heterocycles. The molecule has 0 aromatic heterocycles. The van der Waals surface area contributed by atoms with Crippen molar-refractivity contribution in [3.8, 4) is 0 Å². The number of esters is 1. The van der Waals surface area contributed by atoms with Gasteiger partial charge in [0.15, 0.2) is 0 Å². The van der Waals surface area contributed by atoms with E-state index in [4.69, 9.17) is 0 Å². The first-order valence-corrected chi connectivity index (χ1v) is 6.84. The number of hydrogen-bond donors (Lipinski definition) is 2. The van der Waals surface area contributed by atoms with Crippen LogP contribution in [0.2, 0.25) is 0 Å².